The summed E-state index contributed by atoms with van der Waals surface area (Å²) in [4.78, 5) is 15.4. The van der Waals surface area contributed by atoms with Crippen LogP contribution in [-0.4, -0.2) is 21.5 Å². The maximum absolute atomic E-state index is 11.4. The predicted octanol–water partition coefficient (Wildman–Crippen LogP) is 0.901. The molecule has 0 aromatic carbocycles. The van der Waals surface area contributed by atoms with Crippen molar-refractivity contribution in [3.8, 4) is 0 Å². The number of nitrogens with zero attached hydrogens (tertiary/aromatic N) is 2. The number of halogens is 1. The van der Waals surface area contributed by atoms with Crippen LogP contribution in [0.4, 0.5) is 0 Å². The summed E-state index contributed by atoms with van der Waals surface area (Å²) in [5.41, 5.74) is 0.873. The number of carbonyl (C=O) groups excluding carboxylic acids is 1. The molecule has 1 aliphatic carbocycles. The first-order valence-electron chi connectivity index (χ1n) is 4.64. The van der Waals surface area contributed by atoms with Crippen molar-refractivity contribution in [2.45, 2.75) is 31.3 Å². The molecule has 4 nitrogen and oxygen atoms in total. The van der Waals surface area contributed by atoms with E-state index in [0.29, 0.717) is 18.5 Å². The normalized spacial score (nSPS) is 15.5. The minimum atomic E-state index is 0.0388. The van der Waals surface area contributed by atoms with E-state index in [9.17, 15) is 4.79 Å². The van der Waals surface area contributed by atoms with Crippen LogP contribution in [0.15, 0.2) is 12.5 Å². The lowest BCUT2D eigenvalue weighted by Crippen LogP contribution is -2.29. The number of hydrogen-bond donors (Lipinski definition) is 1. The molecule has 0 spiro atoms. The first-order chi connectivity index (χ1) is 6.79. The van der Waals surface area contributed by atoms with E-state index in [1.165, 1.54) is 0 Å². The Balaban J connectivity index is 1.91. The van der Waals surface area contributed by atoms with Crippen LogP contribution in [0.1, 0.15) is 18.5 Å². The zero-order chi connectivity index (χ0) is 9.97. The van der Waals surface area contributed by atoms with Crippen LogP contribution in [-0.2, 0) is 17.2 Å². The third-order valence-corrected chi connectivity index (χ3v) is 2.47. The molecule has 1 aromatic rings. The average molecular weight is 214 g/mol. The number of rotatable bonds is 4. The number of nitrogens with one attached hydrogen (secondary N) is 1. The standard InChI is InChI=1S/C9H12ClN3O/c10-3-8-4-11-6-13(8)5-9(14)12-7-1-2-7/h4,6-7H,1-3,5H2,(H,12,14). The minimum Gasteiger partial charge on any atom is -0.352 e. The summed E-state index contributed by atoms with van der Waals surface area (Å²) in [7, 11) is 0. The Morgan fingerprint density at radius 3 is 3.14 bits per heavy atom. The van der Waals surface area contributed by atoms with E-state index in [4.69, 9.17) is 11.6 Å². The number of hydrogen-bond acceptors (Lipinski definition) is 2. The van der Waals surface area contributed by atoms with Gasteiger partial charge in [0.2, 0.25) is 5.91 Å². The van der Waals surface area contributed by atoms with Crippen molar-refractivity contribution in [3.05, 3.63) is 18.2 Å². The highest BCUT2D eigenvalue weighted by atomic mass is 35.5. The molecule has 0 aliphatic heterocycles. The second kappa shape index (κ2) is 4.00. The van der Waals surface area contributed by atoms with Gasteiger partial charge in [-0.15, -0.1) is 11.6 Å². The zero-order valence-corrected chi connectivity index (χ0v) is 8.50. The Hall–Kier alpha value is -1.03. The van der Waals surface area contributed by atoms with E-state index >= 15 is 0 Å². The fraction of sp³-hybridized carbons (Fsp3) is 0.556. The molecule has 76 valence electrons. The summed E-state index contributed by atoms with van der Waals surface area (Å²) in [5, 5.41) is 2.91. The van der Waals surface area contributed by atoms with Crippen LogP contribution in [0.2, 0.25) is 0 Å². The molecule has 1 aliphatic rings. The number of aromatic nitrogens is 2. The summed E-state index contributed by atoms with van der Waals surface area (Å²) in [6.45, 7) is 0.318. The van der Waals surface area contributed by atoms with Crippen molar-refractivity contribution in [3.63, 3.8) is 0 Å². The summed E-state index contributed by atoms with van der Waals surface area (Å²) in [6, 6.07) is 0.408. The van der Waals surface area contributed by atoms with E-state index in [1.807, 2.05) is 0 Å². The van der Waals surface area contributed by atoms with Gasteiger partial charge in [0.1, 0.15) is 6.54 Å². The molecular weight excluding hydrogens is 202 g/mol. The SMILES string of the molecule is O=C(Cn1cncc1CCl)NC1CC1. The van der Waals surface area contributed by atoms with Crippen LogP contribution in [0.25, 0.3) is 0 Å². The second-order valence-corrected chi connectivity index (χ2v) is 3.76. The summed E-state index contributed by atoms with van der Waals surface area (Å²) in [5.74, 6) is 0.424. The molecule has 0 unspecified atom stereocenters. The Labute approximate surface area is 87.3 Å². The molecule has 0 radical (unpaired) electrons. The van der Waals surface area contributed by atoms with Crippen molar-refractivity contribution in [1.29, 1.82) is 0 Å². The van der Waals surface area contributed by atoms with Crippen LogP contribution >= 0.6 is 11.6 Å². The van der Waals surface area contributed by atoms with Gasteiger partial charge in [-0.3, -0.25) is 4.79 Å². The maximum atomic E-state index is 11.4. The minimum absolute atomic E-state index is 0.0388. The van der Waals surface area contributed by atoms with Gasteiger partial charge in [0.25, 0.3) is 0 Å². The van der Waals surface area contributed by atoms with Gasteiger partial charge < -0.3 is 9.88 Å². The van der Waals surface area contributed by atoms with Crippen molar-refractivity contribution in [1.82, 2.24) is 14.9 Å². The van der Waals surface area contributed by atoms with E-state index in [1.54, 1.807) is 17.1 Å². The number of alkyl halides is 1. The smallest absolute Gasteiger partial charge is 0.240 e. The second-order valence-electron chi connectivity index (χ2n) is 3.49. The third kappa shape index (κ3) is 2.26. The van der Waals surface area contributed by atoms with Gasteiger partial charge in [-0.2, -0.15) is 0 Å². The van der Waals surface area contributed by atoms with Crippen molar-refractivity contribution >= 4 is 17.5 Å². The monoisotopic (exact) mass is 213 g/mol. The molecule has 0 atom stereocenters. The highest BCUT2D eigenvalue weighted by Crippen LogP contribution is 2.18. The first kappa shape index (κ1) is 9.52. The molecule has 1 fully saturated rings. The van der Waals surface area contributed by atoms with Gasteiger partial charge in [-0.1, -0.05) is 0 Å². The topological polar surface area (TPSA) is 46.9 Å². The predicted molar refractivity (Wildman–Crippen MR) is 52.9 cm³/mol. The van der Waals surface area contributed by atoms with E-state index < -0.39 is 0 Å². The highest BCUT2D eigenvalue weighted by Gasteiger charge is 2.23. The highest BCUT2D eigenvalue weighted by molar-refractivity contribution is 6.16. The van der Waals surface area contributed by atoms with Crippen LogP contribution in [0.3, 0.4) is 0 Å². The molecule has 14 heavy (non-hydrogen) atoms. The molecular formula is C9H12ClN3O. The molecule has 1 amide bonds. The number of imidazole rings is 1. The Bertz CT molecular complexity index is 333. The average Bonchev–Trinajstić information content (AvgIpc) is 2.84. The zero-order valence-electron chi connectivity index (χ0n) is 7.74. The van der Waals surface area contributed by atoms with Gasteiger partial charge in [0, 0.05) is 12.2 Å². The Kier molecular flexibility index (Phi) is 2.72. The maximum Gasteiger partial charge on any atom is 0.240 e. The van der Waals surface area contributed by atoms with Crippen molar-refractivity contribution < 1.29 is 4.79 Å². The molecule has 0 bridgehead atoms. The fourth-order valence-corrected chi connectivity index (χ4v) is 1.48. The molecule has 1 aromatic heterocycles. The van der Waals surface area contributed by atoms with Crippen LogP contribution in [0.5, 0.6) is 0 Å². The number of amides is 1. The summed E-state index contributed by atoms with van der Waals surface area (Å²) >= 11 is 5.68. The van der Waals surface area contributed by atoms with Crippen LogP contribution in [0, 0.1) is 0 Å². The molecule has 1 N–H and O–H groups in total. The van der Waals surface area contributed by atoms with Gasteiger partial charge >= 0.3 is 0 Å². The molecule has 5 heteroatoms. The lowest BCUT2D eigenvalue weighted by molar-refractivity contribution is -0.121. The summed E-state index contributed by atoms with van der Waals surface area (Å²) in [6.07, 6.45) is 5.53. The lowest BCUT2D eigenvalue weighted by atomic mass is 10.5. The Morgan fingerprint density at radius 1 is 1.71 bits per heavy atom. The summed E-state index contributed by atoms with van der Waals surface area (Å²) < 4.78 is 1.77. The third-order valence-electron chi connectivity index (χ3n) is 2.19. The van der Waals surface area contributed by atoms with Crippen LogP contribution < -0.4 is 5.32 Å². The Morgan fingerprint density at radius 2 is 2.50 bits per heavy atom. The van der Waals surface area contributed by atoms with Crippen molar-refractivity contribution in [2.75, 3.05) is 0 Å². The quantitative estimate of drug-likeness (QED) is 0.756. The lowest BCUT2D eigenvalue weighted by Gasteiger charge is -2.06. The molecule has 0 saturated heterocycles. The van der Waals surface area contributed by atoms with E-state index in [-0.39, 0.29) is 5.91 Å². The van der Waals surface area contributed by atoms with Crippen molar-refractivity contribution in [2.24, 2.45) is 0 Å². The van der Waals surface area contributed by atoms with E-state index in [2.05, 4.69) is 10.3 Å². The molecule has 1 saturated carbocycles. The van der Waals surface area contributed by atoms with Gasteiger partial charge in [0.15, 0.2) is 0 Å². The molecule has 1 heterocycles. The largest absolute Gasteiger partial charge is 0.352 e. The number of carbonyl (C=O) groups is 1. The van der Waals surface area contributed by atoms with Gasteiger partial charge in [0.05, 0.1) is 17.9 Å². The van der Waals surface area contributed by atoms with Gasteiger partial charge in [-0.25, -0.2) is 4.98 Å². The van der Waals surface area contributed by atoms with E-state index in [0.717, 1.165) is 18.5 Å². The fourth-order valence-electron chi connectivity index (χ4n) is 1.26. The van der Waals surface area contributed by atoms with Gasteiger partial charge in [-0.05, 0) is 12.8 Å². The first-order valence-corrected chi connectivity index (χ1v) is 5.17. The molecule has 2 rings (SSSR count).